The van der Waals surface area contributed by atoms with Gasteiger partial charge in [-0.1, -0.05) is 32.4 Å². The number of ether oxygens (including phenoxy) is 1. The molecule has 0 N–H and O–H groups in total. The molecule has 1 aromatic rings. The number of benzene rings is 1. The summed E-state index contributed by atoms with van der Waals surface area (Å²) in [6, 6.07) is 4.37. The van der Waals surface area contributed by atoms with Crippen molar-refractivity contribution in [1.29, 1.82) is 0 Å². The molecule has 78 valence electrons. The van der Waals surface area contributed by atoms with Gasteiger partial charge in [-0.05, 0) is 17.5 Å². The second-order valence-corrected chi connectivity index (χ2v) is 4.83. The minimum atomic E-state index is -0.422. The molecule has 1 rings (SSSR count). The Bertz CT molecular complexity index is 318. The summed E-state index contributed by atoms with van der Waals surface area (Å²) in [6.45, 7) is 6.78. The van der Waals surface area contributed by atoms with Gasteiger partial charge < -0.3 is 4.74 Å². The Balaban J connectivity index is 2.65. The van der Waals surface area contributed by atoms with Crippen molar-refractivity contribution < 1.29 is 9.13 Å². The van der Waals surface area contributed by atoms with Crippen molar-refractivity contribution in [2.45, 2.75) is 20.8 Å². The van der Waals surface area contributed by atoms with Crippen LogP contribution in [0.5, 0.6) is 5.75 Å². The molecular weight excluding hydrogens is 203 g/mol. The first-order valence-corrected chi connectivity index (χ1v) is 4.84. The molecule has 14 heavy (non-hydrogen) atoms. The summed E-state index contributed by atoms with van der Waals surface area (Å²) in [4.78, 5) is 0. The van der Waals surface area contributed by atoms with Gasteiger partial charge in [-0.15, -0.1) is 0 Å². The van der Waals surface area contributed by atoms with Gasteiger partial charge >= 0.3 is 0 Å². The zero-order valence-corrected chi connectivity index (χ0v) is 9.36. The van der Waals surface area contributed by atoms with Crippen LogP contribution in [0, 0.1) is 11.2 Å². The van der Waals surface area contributed by atoms with Gasteiger partial charge in [0.2, 0.25) is 0 Å². The first kappa shape index (κ1) is 11.3. The Hall–Kier alpha value is -0.760. The molecule has 0 fully saturated rings. The summed E-state index contributed by atoms with van der Waals surface area (Å²) in [5, 5.41) is 0.0939. The summed E-state index contributed by atoms with van der Waals surface area (Å²) in [5.74, 6) is 0.182. The van der Waals surface area contributed by atoms with Crippen LogP contribution in [-0.2, 0) is 0 Å². The molecule has 0 saturated carbocycles. The number of halogens is 2. The summed E-state index contributed by atoms with van der Waals surface area (Å²) in [5.41, 5.74) is 0.0842. The van der Waals surface area contributed by atoms with Crippen LogP contribution in [0.2, 0.25) is 5.02 Å². The van der Waals surface area contributed by atoms with E-state index in [9.17, 15) is 4.39 Å². The zero-order valence-electron chi connectivity index (χ0n) is 8.60. The van der Waals surface area contributed by atoms with Crippen LogP contribution >= 0.6 is 11.6 Å². The van der Waals surface area contributed by atoms with E-state index in [2.05, 4.69) is 20.8 Å². The predicted octanol–water partition coefficient (Wildman–Crippen LogP) is 3.90. The van der Waals surface area contributed by atoms with E-state index < -0.39 is 5.82 Å². The molecule has 0 aliphatic heterocycles. The molecule has 1 aromatic carbocycles. The maximum Gasteiger partial charge on any atom is 0.142 e. The topological polar surface area (TPSA) is 9.23 Å². The van der Waals surface area contributed by atoms with Crippen LogP contribution in [0.15, 0.2) is 18.2 Å². The maximum atomic E-state index is 12.8. The molecule has 0 unspecified atom stereocenters. The van der Waals surface area contributed by atoms with Crippen molar-refractivity contribution in [3.05, 3.63) is 29.0 Å². The molecule has 0 saturated heterocycles. The van der Waals surface area contributed by atoms with Gasteiger partial charge in [-0.2, -0.15) is 0 Å². The molecule has 0 bridgehead atoms. The average molecular weight is 217 g/mol. The minimum absolute atomic E-state index is 0.0842. The fraction of sp³-hybridized carbons (Fsp3) is 0.455. The van der Waals surface area contributed by atoms with Gasteiger partial charge in [-0.25, -0.2) is 4.39 Å². The lowest BCUT2D eigenvalue weighted by Crippen LogP contribution is -2.16. The molecule has 0 heterocycles. The fourth-order valence-electron chi connectivity index (χ4n) is 0.866. The van der Waals surface area contributed by atoms with Gasteiger partial charge in [0.1, 0.15) is 11.6 Å². The lowest BCUT2D eigenvalue weighted by Gasteiger charge is -2.18. The van der Waals surface area contributed by atoms with Crippen LogP contribution in [0.4, 0.5) is 4.39 Å². The predicted molar refractivity (Wildman–Crippen MR) is 56.4 cm³/mol. The quantitative estimate of drug-likeness (QED) is 0.729. The third-order valence-electron chi connectivity index (χ3n) is 1.56. The summed E-state index contributed by atoms with van der Waals surface area (Å²) in [6.07, 6.45) is 0. The molecule has 0 radical (unpaired) electrons. The van der Waals surface area contributed by atoms with Gasteiger partial charge in [0, 0.05) is 6.07 Å². The zero-order chi connectivity index (χ0) is 10.8. The van der Waals surface area contributed by atoms with Gasteiger partial charge in [0.15, 0.2) is 0 Å². The normalized spacial score (nSPS) is 11.5. The Morgan fingerprint density at radius 2 is 2.00 bits per heavy atom. The Kier molecular flexibility index (Phi) is 3.38. The standard InChI is InChI=1S/C11H14ClFO/c1-11(2,3)7-14-8-4-5-10(13)9(12)6-8/h4-6H,7H2,1-3H3. The third-order valence-corrected chi connectivity index (χ3v) is 1.85. The van der Waals surface area contributed by atoms with Crippen LogP contribution in [0.25, 0.3) is 0 Å². The highest BCUT2D eigenvalue weighted by Gasteiger charge is 2.11. The molecule has 0 atom stereocenters. The van der Waals surface area contributed by atoms with Gasteiger partial charge in [0.25, 0.3) is 0 Å². The molecule has 3 heteroatoms. The van der Waals surface area contributed by atoms with Crippen LogP contribution in [0.3, 0.4) is 0 Å². The molecule has 0 amide bonds. The molecule has 0 aliphatic rings. The van der Waals surface area contributed by atoms with E-state index in [0.717, 1.165) is 0 Å². The van der Waals surface area contributed by atoms with Crippen LogP contribution in [0.1, 0.15) is 20.8 Å². The molecule has 0 aromatic heterocycles. The molecule has 0 spiro atoms. The maximum absolute atomic E-state index is 12.8. The summed E-state index contributed by atoms with van der Waals surface area (Å²) < 4.78 is 18.2. The first-order valence-electron chi connectivity index (χ1n) is 4.46. The van der Waals surface area contributed by atoms with E-state index >= 15 is 0 Å². The van der Waals surface area contributed by atoms with Crippen LogP contribution in [-0.4, -0.2) is 6.61 Å². The largest absolute Gasteiger partial charge is 0.493 e. The monoisotopic (exact) mass is 216 g/mol. The SMILES string of the molecule is CC(C)(C)COc1ccc(F)c(Cl)c1. The summed E-state index contributed by atoms with van der Waals surface area (Å²) >= 11 is 5.61. The van der Waals surface area contributed by atoms with Crippen molar-refractivity contribution in [2.75, 3.05) is 6.61 Å². The fourth-order valence-corrected chi connectivity index (χ4v) is 1.04. The number of hydrogen-bond acceptors (Lipinski definition) is 1. The number of rotatable bonds is 2. The van der Waals surface area contributed by atoms with Crippen molar-refractivity contribution in [3.63, 3.8) is 0 Å². The average Bonchev–Trinajstić information content (AvgIpc) is 2.06. The second-order valence-electron chi connectivity index (χ2n) is 4.43. The molecule has 1 nitrogen and oxygen atoms in total. The van der Waals surface area contributed by atoms with E-state index in [1.165, 1.54) is 12.1 Å². The van der Waals surface area contributed by atoms with E-state index in [-0.39, 0.29) is 10.4 Å². The summed E-state index contributed by atoms with van der Waals surface area (Å²) in [7, 11) is 0. The van der Waals surface area contributed by atoms with Crippen molar-refractivity contribution in [2.24, 2.45) is 5.41 Å². The Morgan fingerprint density at radius 3 is 2.50 bits per heavy atom. The lowest BCUT2D eigenvalue weighted by molar-refractivity contribution is 0.198. The highest BCUT2D eigenvalue weighted by atomic mass is 35.5. The number of hydrogen-bond donors (Lipinski definition) is 0. The lowest BCUT2D eigenvalue weighted by atomic mass is 9.99. The van der Waals surface area contributed by atoms with Crippen LogP contribution < -0.4 is 4.74 Å². The second kappa shape index (κ2) is 4.18. The van der Waals surface area contributed by atoms with Crippen molar-refractivity contribution in [3.8, 4) is 5.75 Å². The Morgan fingerprint density at radius 1 is 1.36 bits per heavy atom. The van der Waals surface area contributed by atoms with Gasteiger partial charge in [-0.3, -0.25) is 0 Å². The Labute approximate surface area is 88.8 Å². The van der Waals surface area contributed by atoms with E-state index in [0.29, 0.717) is 12.4 Å². The highest BCUT2D eigenvalue weighted by molar-refractivity contribution is 6.30. The highest BCUT2D eigenvalue weighted by Crippen LogP contribution is 2.23. The third kappa shape index (κ3) is 3.54. The van der Waals surface area contributed by atoms with Crippen molar-refractivity contribution in [1.82, 2.24) is 0 Å². The van der Waals surface area contributed by atoms with E-state index in [4.69, 9.17) is 16.3 Å². The molecular formula is C11H14ClFO. The van der Waals surface area contributed by atoms with Crippen molar-refractivity contribution >= 4 is 11.6 Å². The van der Waals surface area contributed by atoms with E-state index in [1.54, 1.807) is 6.07 Å². The molecule has 0 aliphatic carbocycles. The minimum Gasteiger partial charge on any atom is -0.493 e. The van der Waals surface area contributed by atoms with E-state index in [1.807, 2.05) is 0 Å². The van der Waals surface area contributed by atoms with Gasteiger partial charge in [0.05, 0.1) is 11.6 Å². The first-order chi connectivity index (χ1) is 6.38. The smallest absolute Gasteiger partial charge is 0.142 e.